The van der Waals surface area contributed by atoms with Crippen LogP contribution in [0.3, 0.4) is 0 Å². The SMILES string of the molecule is CNC(c1csc(C)c1)C(C)(C)N(C)C. The Morgan fingerprint density at radius 2 is 2.00 bits per heavy atom. The van der Waals surface area contributed by atoms with Crippen LogP contribution in [0.5, 0.6) is 0 Å². The van der Waals surface area contributed by atoms with E-state index in [1.54, 1.807) is 0 Å². The van der Waals surface area contributed by atoms with Gasteiger partial charge < -0.3 is 10.2 Å². The molecule has 2 nitrogen and oxygen atoms in total. The molecule has 0 aromatic carbocycles. The average molecular weight is 226 g/mol. The molecule has 0 fully saturated rings. The summed E-state index contributed by atoms with van der Waals surface area (Å²) in [4.78, 5) is 3.64. The Hall–Kier alpha value is -0.380. The van der Waals surface area contributed by atoms with Gasteiger partial charge in [0, 0.05) is 10.4 Å². The van der Waals surface area contributed by atoms with E-state index in [0.717, 1.165) is 0 Å². The van der Waals surface area contributed by atoms with Gasteiger partial charge >= 0.3 is 0 Å². The van der Waals surface area contributed by atoms with Crippen molar-refractivity contribution in [3.05, 3.63) is 21.9 Å². The van der Waals surface area contributed by atoms with Crippen LogP contribution in [0, 0.1) is 6.92 Å². The molecule has 86 valence electrons. The molecule has 0 saturated heterocycles. The smallest absolute Gasteiger partial charge is 0.0507 e. The zero-order valence-electron chi connectivity index (χ0n) is 10.6. The van der Waals surface area contributed by atoms with Gasteiger partial charge in [0.2, 0.25) is 0 Å². The highest BCUT2D eigenvalue weighted by Crippen LogP contribution is 2.31. The summed E-state index contributed by atoms with van der Waals surface area (Å²) in [5, 5.41) is 5.67. The molecule has 0 spiro atoms. The van der Waals surface area contributed by atoms with E-state index < -0.39 is 0 Å². The molecule has 1 aromatic heterocycles. The summed E-state index contributed by atoms with van der Waals surface area (Å²) in [6.45, 7) is 6.69. The van der Waals surface area contributed by atoms with Gasteiger partial charge in [-0.1, -0.05) is 0 Å². The van der Waals surface area contributed by atoms with Gasteiger partial charge in [0.1, 0.15) is 0 Å². The minimum atomic E-state index is 0.113. The van der Waals surface area contributed by atoms with E-state index in [9.17, 15) is 0 Å². The largest absolute Gasteiger partial charge is 0.311 e. The lowest BCUT2D eigenvalue weighted by atomic mass is 9.89. The average Bonchev–Trinajstić information content (AvgIpc) is 2.52. The number of nitrogens with zero attached hydrogens (tertiary/aromatic N) is 1. The first-order chi connectivity index (χ1) is 6.89. The van der Waals surface area contributed by atoms with Gasteiger partial charge in [0.15, 0.2) is 0 Å². The lowest BCUT2D eigenvalue weighted by molar-refractivity contribution is 0.143. The Morgan fingerprint density at radius 3 is 2.33 bits per heavy atom. The summed E-state index contributed by atoms with van der Waals surface area (Å²) in [6, 6.07) is 2.65. The van der Waals surface area contributed by atoms with Crippen molar-refractivity contribution in [3.8, 4) is 0 Å². The maximum Gasteiger partial charge on any atom is 0.0507 e. The van der Waals surface area contributed by atoms with Crippen molar-refractivity contribution in [1.29, 1.82) is 0 Å². The number of thiophene rings is 1. The molecule has 1 aromatic rings. The summed E-state index contributed by atoms with van der Waals surface area (Å²) in [5.74, 6) is 0. The van der Waals surface area contributed by atoms with E-state index >= 15 is 0 Å². The molecule has 0 saturated carbocycles. The molecule has 1 heterocycles. The van der Waals surface area contributed by atoms with Gasteiger partial charge in [-0.25, -0.2) is 0 Å². The van der Waals surface area contributed by atoms with Crippen LogP contribution < -0.4 is 5.32 Å². The van der Waals surface area contributed by atoms with Crippen molar-refractivity contribution >= 4 is 11.3 Å². The maximum atomic E-state index is 3.42. The molecule has 0 aliphatic heterocycles. The molecule has 1 rings (SSSR count). The standard InChI is InChI=1S/C12H22N2S/c1-9-7-10(8-15-9)11(13-4)12(2,3)14(5)6/h7-8,11,13H,1-6H3. The molecule has 1 N–H and O–H groups in total. The molecule has 3 heteroatoms. The predicted molar refractivity (Wildman–Crippen MR) is 68.6 cm³/mol. The fourth-order valence-electron chi connectivity index (χ4n) is 1.80. The first kappa shape index (κ1) is 12.7. The minimum Gasteiger partial charge on any atom is -0.311 e. The van der Waals surface area contributed by atoms with Crippen LogP contribution in [-0.2, 0) is 0 Å². The van der Waals surface area contributed by atoms with Gasteiger partial charge in [0.25, 0.3) is 0 Å². The highest BCUT2D eigenvalue weighted by Gasteiger charge is 2.31. The fourth-order valence-corrected chi connectivity index (χ4v) is 2.53. The van der Waals surface area contributed by atoms with E-state index in [2.05, 4.69) is 56.5 Å². The third-order valence-corrected chi connectivity index (χ3v) is 4.11. The first-order valence-electron chi connectivity index (χ1n) is 5.29. The molecule has 0 amide bonds. The van der Waals surface area contributed by atoms with Gasteiger partial charge in [-0.2, -0.15) is 0 Å². The Kier molecular flexibility index (Phi) is 3.93. The number of nitrogens with one attached hydrogen (secondary N) is 1. The second kappa shape index (κ2) is 4.64. The maximum absolute atomic E-state index is 3.42. The Morgan fingerprint density at radius 1 is 1.40 bits per heavy atom. The topological polar surface area (TPSA) is 15.3 Å². The van der Waals surface area contributed by atoms with E-state index in [1.165, 1.54) is 10.4 Å². The Balaban J connectivity index is 2.98. The molecule has 15 heavy (non-hydrogen) atoms. The molecule has 0 bridgehead atoms. The lowest BCUT2D eigenvalue weighted by Gasteiger charge is -2.40. The normalized spacial score (nSPS) is 14.6. The third-order valence-electron chi connectivity index (χ3n) is 3.23. The quantitative estimate of drug-likeness (QED) is 0.849. The fraction of sp³-hybridized carbons (Fsp3) is 0.667. The van der Waals surface area contributed by atoms with Crippen molar-refractivity contribution in [2.45, 2.75) is 32.4 Å². The van der Waals surface area contributed by atoms with Gasteiger partial charge in [-0.15, -0.1) is 11.3 Å². The molecule has 0 radical (unpaired) electrons. The van der Waals surface area contributed by atoms with E-state index in [1.807, 2.05) is 18.4 Å². The van der Waals surface area contributed by atoms with Crippen LogP contribution in [-0.4, -0.2) is 31.6 Å². The molecule has 0 aliphatic carbocycles. The zero-order valence-corrected chi connectivity index (χ0v) is 11.4. The van der Waals surface area contributed by atoms with Crippen LogP contribution in [0.2, 0.25) is 0 Å². The van der Waals surface area contributed by atoms with Crippen LogP contribution in [0.25, 0.3) is 0 Å². The minimum absolute atomic E-state index is 0.113. The highest BCUT2D eigenvalue weighted by molar-refractivity contribution is 7.10. The van der Waals surface area contributed by atoms with E-state index in [-0.39, 0.29) is 5.54 Å². The first-order valence-corrected chi connectivity index (χ1v) is 6.17. The summed E-state index contributed by atoms with van der Waals surface area (Å²) in [6.07, 6.45) is 0. The Bertz CT molecular complexity index is 315. The van der Waals surface area contributed by atoms with Crippen LogP contribution >= 0.6 is 11.3 Å². The van der Waals surface area contributed by atoms with Gasteiger partial charge in [-0.05, 0) is 58.9 Å². The molecular weight excluding hydrogens is 204 g/mol. The van der Waals surface area contributed by atoms with Crippen LogP contribution in [0.15, 0.2) is 11.4 Å². The summed E-state index contributed by atoms with van der Waals surface area (Å²) >= 11 is 1.82. The molecule has 1 unspecified atom stereocenters. The second-order valence-electron chi connectivity index (χ2n) is 4.76. The van der Waals surface area contributed by atoms with Crippen molar-refractivity contribution in [2.24, 2.45) is 0 Å². The Labute approximate surface area is 97.3 Å². The summed E-state index contributed by atoms with van der Waals surface area (Å²) < 4.78 is 0. The number of likely N-dealkylation sites (N-methyl/N-ethyl adjacent to an activating group) is 2. The molecular formula is C12H22N2S. The predicted octanol–water partition coefficient (Wildman–Crippen LogP) is 2.66. The summed E-state index contributed by atoms with van der Waals surface area (Å²) in [7, 11) is 6.29. The van der Waals surface area contributed by atoms with Crippen molar-refractivity contribution < 1.29 is 0 Å². The molecule has 1 atom stereocenters. The van der Waals surface area contributed by atoms with Crippen molar-refractivity contribution in [2.75, 3.05) is 21.1 Å². The lowest BCUT2D eigenvalue weighted by Crippen LogP contribution is -2.48. The number of aryl methyl sites for hydroxylation is 1. The number of hydrogen-bond donors (Lipinski definition) is 1. The van der Waals surface area contributed by atoms with Gasteiger partial charge in [0.05, 0.1) is 6.04 Å². The third kappa shape index (κ3) is 2.60. The second-order valence-corrected chi connectivity index (χ2v) is 5.88. The number of hydrogen-bond acceptors (Lipinski definition) is 3. The van der Waals surface area contributed by atoms with Gasteiger partial charge in [-0.3, -0.25) is 0 Å². The van der Waals surface area contributed by atoms with Crippen molar-refractivity contribution in [3.63, 3.8) is 0 Å². The van der Waals surface area contributed by atoms with E-state index in [4.69, 9.17) is 0 Å². The van der Waals surface area contributed by atoms with E-state index in [0.29, 0.717) is 6.04 Å². The van der Waals surface area contributed by atoms with Crippen LogP contribution in [0.1, 0.15) is 30.3 Å². The number of rotatable bonds is 4. The summed E-state index contributed by atoms with van der Waals surface area (Å²) in [5.41, 5.74) is 1.50. The molecule has 0 aliphatic rings. The highest BCUT2D eigenvalue weighted by atomic mass is 32.1. The monoisotopic (exact) mass is 226 g/mol. The zero-order chi connectivity index (χ0) is 11.6. The van der Waals surface area contributed by atoms with Crippen molar-refractivity contribution in [1.82, 2.24) is 10.2 Å². The van der Waals surface area contributed by atoms with Crippen LogP contribution in [0.4, 0.5) is 0 Å².